The summed E-state index contributed by atoms with van der Waals surface area (Å²) in [7, 11) is 0. The van der Waals surface area contributed by atoms with E-state index in [-0.39, 0.29) is 12.6 Å². The van der Waals surface area contributed by atoms with Crippen LogP contribution in [0, 0.1) is 0 Å². The number of benzene rings is 5. The van der Waals surface area contributed by atoms with Gasteiger partial charge in [-0.15, -0.1) is 0 Å². The fourth-order valence-electron chi connectivity index (χ4n) is 10.9. The first kappa shape index (κ1) is 30.6. The highest BCUT2D eigenvalue weighted by Crippen LogP contribution is 2.50. The first-order valence-electron chi connectivity index (χ1n) is 19.9. The van der Waals surface area contributed by atoms with E-state index in [9.17, 15) is 0 Å². The van der Waals surface area contributed by atoms with E-state index in [0.717, 1.165) is 56.5 Å². The Bertz CT molecular complexity index is 3550. The average molecular weight is 740 g/mol. The summed E-state index contributed by atoms with van der Waals surface area (Å²) in [4.78, 5) is 20.0. The second-order valence-corrected chi connectivity index (χ2v) is 15.8. The smallest absolute Gasteiger partial charge is 0.252 e. The first-order chi connectivity index (χ1) is 28.8. The Labute approximate surface area is 332 Å². The number of nitrogens with zero attached hydrogens (tertiary/aromatic N) is 7. The Kier molecular flexibility index (Phi) is 5.83. The number of fused-ring (bicyclic) bond motifs is 14. The molecule has 7 nitrogen and oxygen atoms in total. The third-order valence-corrected chi connectivity index (χ3v) is 13.0. The summed E-state index contributed by atoms with van der Waals surface area (Å²) in [5.74, 6) is 0.841. The maximum absolute atomic E-state index is 5.22. The lowest BCUT2D eigenvalue weighted by Crippen LogP contribution is -2.59. The average Bonchev–Trinajstić information content (AvgIpc) is 3.94. The van der Waals surface area contributed by atoms with Crippen molar-refractivity contribution in [3.05, 3.63) is 181 Å². The van der Waals surface area contributed by atoms with Crippen LogP contribution in [0.2, 0.25) is 0 Å². The van der Waals surface area contributed by atoms with Gasteiger partial charge in [-0.05, 0) is 88.0 Å². The van der Waals surface area contributed by atoms with E-state index in [0.29, 0.717) is 5.82 Å². The summed E-state index contributed by atoms with van der Waals surface area (Å²) in [6.45, 7) is -0.0275. The van der Waals surface area contributed by atoms with Crippen LogP contribution in [-0.2, 0) is 6.42 Å². The van der Waals surface area contributed by atoms with Crippen LogP contribution in [0.5, 0.6) is 0 Å². The third kappa shape index (κ3) is 3.75. The molecule has 0 amide bonds. The lowest BCUT2D eigenvalue weighted by Gasteiger charge is -2.35. The summed E-state index contributed by atoms with van der Waals surface area (Å²) in [6, 6.07) is 50.8. The second kappa shape index (κ2) is 11.0. The van der Waals surface area contributed by atoms with Crippen LogP contribution in [0.3, 0.4) is 0 Å². The molecule has 268 valence electrons. The van der Waals surface area contributed by atoms with Crippen molar-refractivity contribution in [1.29, 1.82) is 0 Å². The molecule has 14 rings (SSSR count). The van der Waals surface area contributed by atoms with E-state index in [1.165, 1.54) is 60.9 Å². The molecular formula is C50H30BN7. The van der Waals surface area contributed by atoms with E-state index < -0.39 is 0 Å². The maximum atomic E-state index is 5.22. The van der Waals surface area contributed by atoms with Gasteiger partial charge in [0.15, 0.2) is 5.82 Å². The number of rotatable bonds is 3. The van der Waals surface area contributed by atoms with Gasteiger partial charge in [-0.2, -0.15) is 0 Å². The van der Waals surface area contributed by atoms with Crippen LogP contribution < -0.4 is 16.4 Å². The van der Waals surface area contributed by atoms with E-state index in [2.05, 4.69) is 141 Å². The molecule has 2 aliphatic heterocycles. The van der Waals surface area contributed by atoms with E-state index >= 15 is 0 Å². The zero-order valence-electron chi connectivity index (χ0n) is 31.1. The Morgan fingerprint density at radius 3 is 2.17 bits per heavy atom. The van der Waals surface area contributed by atoms with Crippen LogP contribution >= 0.6 is 0 Å². The monoisotopic (exact) mass is 739 g/mol. The van der Waals surface area contributed by atoms with Crippen LogP contribution in [0.15, 0.2) is 164 Å². The molecule has 6 aromatic heterocycles. The maximum Gasteiger partial charge on any atom is 0.252 e. The third-order valence-electron chi connectivity index (χ3n) is 13.0. The molecule has 1 aliphatic carbocycles. The van der Waals surface area contributed by atoms with E-state index in [1.807, 2.05) is 36.9 Å². The molecular weight excluding hydrogens is 709 g/mol. The summed E-state index contributed by atoms with van der Waals surface area (Å²) in [6.07, 6.45) is 8.51. The lowest BCUT2D eigenvalue weighted by molar-refractivity contribution is 0.746. The van der Waals surface area contributed by atoms with Gasteiger partial charge < -0.3 is 4.57 Å². The van der Waals surface area contributed by atoms with Crippen molar-refractivity contribution in [2.75, 3.05) is 0 Å². The number of para-hydroxylation sites is 2. The molecule has 3 aliphatic rings. The van der Waals surface area contributed by atoms with Gasteiger partial charge in [0.2, 0.25) is 0 Å². The normalized spacial score (nSPS) is 14.6. The molecule has 11 aromatic rings. The predicted octanol–water partition coefficient (Wildman–Crippen LogP) is 8.42. The molecule has 58 heavy (non-hydrogen) atoms. The van der Waals surface area contributed by atoms with Crippen molar-refractivity contribution in [1.82, 2.24) is 33.6 Å². The highest BCUT2D eigenvalue weighted by molar-refractivity contribution is 7.00. The molecule has 1 unspecified atom stereocenters. The Hall–Kier alpha value is -7.58. The van der Waals surface area contributed by atoms with E-state index in [4.69, 9.17) is 19.9 Å². The Balaban J connectivity index is 1.21. The predicted molar refractivity (Wildman–Crippen MR) is 233 cm³/mol. The fourth-order valence-corrected chi connectivity index (χ4v) is 10.9. The van der Waals surface area contributed by atoms with Crippen molar-refractivity contribution < 1.29 is 0 Å². The number of pyridine rings is 2. The Morgan fingerprint density at radius 2 is 1.31 bits per heavy atom. The molecule has 0 saturated heterocycles. The summed E-state index contributed by atoms with van der Waals surface area (Å²) in [5.41, 5.74) is 20.2. The standard InChI is InChI=1S/C50H30BN7/c1-3-12-29(13-4-1)36-26-30-14-7-8-17-33(30)41-34-18-9-20-37-45(34)57(46(36)41)39-27-31(48-53-23-11-24-54-48)28-40-43(39)51(37)38-21-25-52-44-42-35-19-10-22-55-49(35)56(32-15-5-2-6-16-32)50(42)58(40)47(38)44/h1-25,27-28,36H,26H2. The SMILES string of the molecule is c1ccc(C2Cc3ccccc3-c3c2n2c4c(cccc34)B3c4c-2cc(-c2ncccn2)cc4-n2c4c3ccnc4c3c4cccnc4n(-c4ccccc4)c32)cc1. The van der Waals surface area contributed by atoms with Crippen molar-refractivity contribution in [2.24, 2.45) is 0 Å². The molecule has 8 heterocycles. The van der Waals surface area contributed by atoms with Crippen LogP contribution in [0.25, 0.3) is 83.6 Å². The number of hydrogen-bond donors (Lipinski definition) is 0. The molecule has 0 spiro atoms. The van der Waals surface area contributed by atoms with Gasteiger partial charge in [-0.25, -0.2) is 15.0 Å². The minimum Gasteiger partial charge on any atom is -0.313 e. The lowest BCUT2D eigenvalue weighted by atomic mass is 9.34. The summed E-state index contributed by atoms with van der Waals surface area (Å²) >= 11 is 0. The molecule has 8 heteroatoms. The largest absolute Gasteiger partial charge is 0.313 e. The van der Waals surface area contributed by atoms with Crippen LogP contribution in [0.1, 0.15) is 22.7 Å². The fraction of sp³-hybridized carbons (Fsp3) is 0.0400. The Morgan fingerprint density at radius 1 is 0.569 bits per heavy atom. The molecule has 0 N–H and O–H groups in total. The second-order valence-electron chi connectivity index (χ2n) is 15.8. The van der Waals surface area contributed by atoms with Crippen molar-refractivity contribution >= 4 is 67.1 Å². The van der Waals surface area contributed by atoms with Gasteiger partial charge >= 0.3 is 0 Å². The number of hydrogen-bond acceptors (Lipinski definition) is 4. The van der Waals surface area contributed by atoms with Gasteiger partial charge in [0.1, 0.15) is 11.3 Å². The molecule has 0 fully saturated rings. The minimum atomic E-state index is -0.0275. The highest BCUT2D eigenvalue weighted by Gasteiger charge is 2.44. The molecule has 0 radical (unpaired) electrons. The first-order valence-corrected chi connectivity index (χ1v) is 19.9. The molecule has 0 saturated carbocycles. The molecule has 0 bridgehead atoms. The van der Waals surface area contributed by atoms with Gasteiger partial charge in [-0.1, -0.05) is 91.0 Å². The topological polar surface area (TPSA) is 66.3 Å². The van der Waals surface area contributed by atoms with Crippen LogP contribution in [-0.4, -0.2) is 40.3 Å². The highest BCUT2D eigenvalue weighted by atomic mass is 15.2. The number of aromatic nitrogens is 7. The summed E-state index contributed by atoms with van der Waals surface area (Å²) in [5, 5.41) is 3.48. The van der Waals surface area contributed by atoms with Gasteiger partial charge in [-0.3, -0.25) is 14.1 Å². The van der Waals surface area contributed by atoms with Crippen LogP contribution in [0.4, 0.5) is 0 Å². The van der Waals surface area contributed by atoms with Gasteiger partial charge in [0.25, 0.3) is 6.71 Å². The minimum absolute atomic E-state index is 0.0275. The van der Waals surface area contributed by atoms with Crippen molar-refractivity contribution in [3.63, 3.8) is 0 Å². The van der Waals surface area contributed by atoms with Crippen molar-refractivity contribution in [2.45, 2.75) is 12.3 Å². The zero-order chi connectivity index (χ0) is 37.6. The van der Waals surface area contributed by atoms with Gasteiger partial charge in [0.05, 0.1) is 16.4 Å². The summed E-state index contributed by atoms with van der Waals surface area (Å²) < 4.78 is 7.44. The van der Waals surface area contributed by atoms with E-state index in [1.54, 1.807) is 0 Å². The van der Waals surface area contributed by atoms with Crippen molar-refractivity contribution in [3.8, 4) is 39.6 Å². The molecule has 5 aromatic carbocycles. The zero-order valence-corrected chi connectivity index (χ0v) is 31.1. The van der Waals surface area contributed by atoms with Gasteiger partial charge in [0, 0.05) is 80.9 Å². The quantitative estimate of drug-likeness (QED) is 0.171. The molecule has 1 atom stereocenters.